The zero-order valence-electron chi connectivity index (χ0n) is 22.4. The van der Waals surface area contributed by atoms with Crippen LogP contribution in [-0.2, 0) is 25.7 Å². The van der Waals surface area contributed by atoms with Crippen LogP contribution < -0.4 is 5.32 Å². The molecule has 39 heavy (non-hydrogen) atoms. The smallest absolute Gasteiger partial charge is 0.334 e. The Hall–Kier alpha value is -3.21. The largest absolute Gasteiger partial charge is 0.416 e. The summed E-state index contributed by atoms with van der Waals surface area (Å²) < 4.78 is 55.0. The van der Waals surface area contributed by atoms with Crippen molar-refractivity contribution in [1.82, 2.24) is 25.3 Å². The van der Waals surface area contributed by atoms with Gasteiger partial charge in [-0.15, -0.1) is 6.58 Å². The third kappa shape index (κ3) is 6.87. The Kier molecular flexibility index (Phi) is 8.78. The van der Waals surface area contributed by atoms with Crippen LogP contribution in [0.3, 0.4) is 0 Å². The summed E-state index contributed by atoms with van der Waals surface area (Å²) in [6.07, 6.45) is -0.288. The number of fused-ring (bicyclic) bond motifs is 1. The van der Waals surface area contributed by atoms with Crippen LogP contribution in [0.2, 0.25) is 0 Å². The van der Waals surface area contributed by atoms with Gasteiger partial charge in [-0.1, -0.05) is 19.1 Å². The number of aromatic nitrogens is 2. The fraction of sp³-hybridized carbons (Fsp3) is 0.536. The van der Waals surface area contributed by atoms with Gasteiger partial charge < -0.3 is 15.6 Å². The van der Waals surface area contributed by atoms with Crippen LogP contribution in [-0.4, -0.2) is 57.4 Å². The lowest BCUT2D eigenvalue weighted by atomic mass is 9.90. The van der Waals surface area contributed by atoms with Crippen LogP contribution >= 0.6 is 0 Å². The van der Waals surface area contributed by atoms with Gasteiger partial charge >= 0.3 is 12.2 Å². The Morgan fingerprint density at radius 3 is 2.82 bits per heavy atom. The van der Waals surface area contributed by atoms with Crippen molar-refractivity contribution in [2.24, 2.45) is 5.92 Å². The topological polar surface area (TPSA) is 88.1 Å². The number of H-pyrrole nitrogens is 1. The molecule has 2 aromatic rings. The molecule has 3 heterocycles. The minimum atomic E-state index is -4.65. The van der Waals surface area contributed by atoms with E-state index in [1.54, 1.807) is 16.7 Å². The van der Waals surface area contributed by atoms with Crippen molar-refractivity contribution in [3.05, 3.63) is 64.7 Å². The second-order valence-corrected chi connectivity index (χ2v) is 10.9. The zero-order valence-corrected chi connectivity index (χ0v) is 22.4. The lowest BCUT2D eigenvalue weighted by Gasteiger charge is -2.38. The molecule has 11 heteroatoms. The van der Waals surface area contributed by atoms with Gasteiger partial charge in [0.05, 0.1) is 17.8 Å². The molecule has 3 unspecified atom stereocenters. The molecule has 1 fully saturated rings. The van der Waals surface area contributed by atoms with Crippen molar-refractivity contribution in [1.29, 1.82) is 5.41 Å². The molecule has 4 rings (SSSR count). The highest BCUT2D eigenvalue weighted by Crippen LogP contribution is 2.34. The Balaban J connectivity index is 1.43. The highest BCUT2D eigenvalue weighted by molar-refractivity contribution is 5.79. The summed E-state index contributed by atoms with van der Waals surface area (Å²) in [6, 6.07) is 2.52. The number of hydrogen-bond donors (Lipinski definition) is 3. The van der Waals surface area contributed by atoms with Crippen LogP contribution in [0.5, 0.6) is 0 Å². The van der Waals surface area contributed by atoms with Gasteiger partial charge in [0, 0.05) is 67.1 Å². The number of nitrogens with zero attached hydrogens (tertiary/aromatic N) is 3. The van der Waals surface area contributed by atoms with Crippen molar-refractivity contribution in [2.45, 2.75) is 70.8 Å². The Labute approximate surface area is 226 Å². The molecule has 3 atom stereocenters. The number of rotatable bonds is 8. The number of halogens is 4. The Morgan fingerprint density at radius 1 is 1.36 bits per heavy atom. The van der Waals surface area contributed by atoms with Crippen molar-refractivity contribution < 1.29 is 22.4 Å². The van der Waals surface area contributed by atoms with Crippen LogP contribution in [0.4, 0.5) is 22.4 Å². The lowest BCUT2D eigenvalue weighted by Crippen LogP contribution is -2.53. The lowest BCUT2D eigenvalue weighted by molar-refractivity contribution is -0.138. The predicted molar refractivity (Wildman–Crippen MR) is 141 cm³/mol. The summed E-state index contributed by atoms with van der Waals surface area (Å²) in [5.41, 5.74) is 2.05. The zero-order chi connectivity index (χ0) is 28.3. The van der Waals surface area contributed by atoms with E-state index in [-0.39, 0.29) is 36.0 Å². The van der Waals surface area contributed by atoms with E-state index in [1.807, 2.05) is 13.0 Å². The predicted octanol–water partition coefficient (Wildman–Crippen LogP) is 5.64. The minimum absolute atomic E-state index is 0.00994. The van der Waals surface area contributed by atoms with E-state index < -0.39 is 17.6 Å². The molecule has 7 nitrogen and oxygen atoms in total. The molecule has 0 spiro atoms. The van der Waals surface area contributed by atoms with Gasteiger partial charge in [-0.2, -0.15) is 18.3 Å². The number of amides is 2. The van der Waals surface area contributed by atoms with Crippen molar-refractivity contribution in [3.8, 4) is 0 Å². The molecule has 2 amide bonds. The van der Waals surface area contributed by atoms with Gasteiger partial charge in [0.15, 0.2) is 0 Å². The number of allylic oxidation sites excluding steroid dienone is 1. The second-order valence-electron chi connectivity index (χ2n) is 10.9. The molecule has 0 radical (unpaired) electrons. The number of aromatic amines is 1. The number of likely N-dealkylation sites (tertiary alicyclic amines) is 1. The molecule has 1 aromatic carbocycles. The molecule has 212 valence electrons. The monoisotopic (exact) mass is 548 g/mol. The number of hydrogen-bond acceptors (Lipinski definition) is 4. The summed E-state index contributed by atoms with van der Waals surface area (Å²) in [7, 11) is 0. The number of alkyl halides is 3. The SMILES string of the molecule is C=CCC(CC(C)=N)c1n[nH]c2c1CN(C(=O)NC1CC(C)CN(Cc3c(F)cccc3C(F)(F)F)C1)CC2. The molecular weight excluding hydrogens is 512 g/mol. The maximum Gasteiger partial charge on any atom is 0.416 e. The first kappa shape index (κ1) is 28.8. The Morgan fingerprint density at radius 2 is 2.13 bits per heavy atom. The molecule has 3 N–H and O–H groups in total. The molecule has 2 aliphatic rings. The number of piperidine rings is 1. The molecule has 0 aliphatic carbocycles. The fourth-order valence-corrected chi connectivity index (χ4v) is 5.86. The first-order valence-electron chi connectivity index (χ1n) is 13.3. The highest BCUT2D eigenvalue weighted by atomic mass is 19.4. The molecule has 0 saturated carbocycles. The Bertz CT molecular complexity index is 1210. The standard InChI is InChI=1S/C28H36F4N6O/c1-4-6-19(12-18(3)33)26-22-16-38(10-9-25(22)35-36-26)27(39)34-20-11-17(2)13-37(14-20)15-21-23(28(30,31)32)7-5-8-24(21)29/h4-5,7-8,17,19-20,33H,1,6,9-16H2,2-3H3,(H,34,39)(H,35,36). The molecule has 2 aliphatic heterocycles. The van der Waals surface area contributed by atoms with Gasteiger partial charge in [0.2, 0.25) is 0 Å². The van der Waals surface area contributed by atoms with Gasteiger partial charge in [-0.3, -0.25) is 10.00 Å². The van der Waals surface area contributed by atoms with Crippen molar-refractivity contribution in [3.63, 3.8) is 0 Å². The van der Waals surface area contributed by atoms with Gasteiger partial charge in [0.25, 0.3) is 0 Å². The number of urea groups is 1. The average Bonchev–Trinajstić information content (AvgIpc) is 3.27. The second kappa shape index (κ2) is 11.9. The third-order valence-electron chi connectivity index (χ3n) is 7.51. The van der Waals surface area contributed by atoms with Crippen molar-refractivity contribution in [2.75, 3.05) is 19.6 Å². The molecular formula is C28H36F4N6O. The normalized spacial score (nSPS) is 20.8. The first-order chi connectivity index (χ1) is 18.5. The average molecular weight is 549 g/mol. The van der Waals surface area contributed by atoms with Gasteiger partial charge in [-0.05, 0) is 44.2 Å². The minimum Gasteiger partial charge on any atom is -0.334 e. The summed E-state index contributed by atoms with van der Waals surface area (Å²) in [4.78, 5) is 16.8. The third-order valence-corrected chi connectivity index (χ3v) is 7.51. The summed E-state index contributed by atoms with van der Waals surface area (Å²) in [5.74, 6) is -0.755. The van der Waals surface area contributed by atoms with E-state index in [1.165, 1.54) is 0 Å². The summed E-state index contributed by atoms with van der Waals surface area (Å²) >= 11 is 0. The number of benzene rings is 1. The fourth-order valence-electron chi connectivity index (χ4n) is 5.86. The number of carbonyl (C=O) groups excluding carboxylic acids is 1. The van der Waals surface area contributed by atoms with Gasteiger partial charge in [-0.25, -0.2) is 9.18 Å². The van der Waals surface area contributed by atoms with Crippen LogP contribution in [0.25, 0.3) is 0 Å². The van der Waals surface area contributed by atoms with Crippen LogP contribution in [0, 0.1) is 17.1 Å². The van der Waals surface area contributed by atoms with E-state index in [0.717, 1.165) is 35.2 Å². The molecule has 1 aromatic heterocycles. The molecule has 1 saturated heterocycles. The summed E-state index contributed by atoms with van der Waals surface area (Å²) in [6.45, 7) is 9.13. The van der Waals surface area contributed by atoms with E-state index in [4.69, 9.17) is 5.41 Å². The molecule has 0 bridgehead atoms. The summed E-state index contributed by atoms with van der Waals surface area (Å²) in [5, 5.41) is 18.6. The maximum absolute atomic E-state index is 14.5. The first-order valence-corrected chi connectivity index (χ1v) is 13.3. The van der Waals surface area contributed by atoms with E-state index in [9.17, 15) is 22.4 Å². The quantitative estimate of drug-likeness (QED) is 0.227. The highest BCUT2D eigenvalue weighted by Gasteiger charge is 2.36. The van der Waals surface area contributed by atoms with E-state index in [2.05, 4.69) is 22.1 Å². The van der Waals surface area contributed by atoms with E-state index >= 15 is 0 Å². The van der Waals surface area contributed by atoms with E-state index in [0.29, 0.717) is 57.6 Å². The van der Waals surface area contributed by atoms with Crippen LogP contribution in [0.1, 0.15) is 67.1 Å². The van der Waals surface area contributed by atoms with Gasteiger partial charge in [0.1, 0.15) is 5.82 Å². The number of nitrogens with one attached hydrogen (secondary N) is 3. The maximum atomic E-state index is 14.5. The van der Waals surface area contributed by atoms with Crippen molar-refractivity contribution >= 4 is 11.7 Å². The van der Waals surface area contributed by atoms with Crippen LogP contribution in [0.15, 0.2) is 30.9 Å². The number of carbonyl (C=O) groups is 1.